The van der Waals surface area contributed by atoms with E-state index >= 15 is 0 Å². The van der Waals surface area contributed by atoms with Crippen LogP contribution in [-0.2, 0) is 37.6 Å². The molecular formula is C20H25N10O7S2+. The number of hydrogen-bond acceptors (Lipinski definition) is 13. The van der Waals surface area contributed by atoms with Gasteiger partial charge in [0.25, 0.3) is 11.8 Å². The second-order valence-electron chi connectivity index (χ2n) is 9.01. The molecule has 0 aliphatic carbocycles. The standard InChI is InChI=1S/C20H24N10O7S2/c1-20(2,18(35)36)37-26-9(13-25-19(23)39-27-13)14(31)24-10-15(32)30-11(17(33)34)7(6-38-16(10)30)4-29-5-8(21)12(22)28(29)3/h5,10,16,22H,4,6,21H2,1-3H3,(H5,23,24,25,27,31,33,34,35,36)/p+1/b26-9-/t10-,16-/m1/s1. The van der Waals surface area contributed by atoms with E-state index in [2.05, 4.69) is 19.8 Å². The molecule has 4 rings (SSSR count). The van der Waals surface area contributed by atoms with E-state index in [0.717, 1.165) is 16.4 Å². The highest BCUT2D eigenvalue weighted by atomic mass is 32.2. The number of carbonyl (C=O) groups excluding carboxylic acids is 2. The molecule has 1 saturated heterocycles. The Hall–Kier alpha value is -4.39. The quantitative estimate of drug-likeness (QED) is 0.0806. The van der Waals surface area contributed by atoms with Crippen molar-refractivity contribution in [3.8, 4) is 0 Å². The van der Waals surface area contributed by atoms with Gasteiger partial charge in [0.15, 0.2) is 17.5 Å². The molecule has 2 amide bonds. The molecule has 0 spiro atoms. The first-order valence-corrected chi connectivity index (χ1v) is 13.0. The van der Waals surface area contributed by atoms with Gasteiger partial charge in [0.05, 0.1) is 7.05 Å². The number of nitrogens with two attached hydrogens (primary N) is 3. The van der Waals surface area contributed by atoms with E-state index in [1.807, 2.05) is 0 Å². The number of nitrogens with zero attached hydrogens (tertiary/aromatic N) is 6. The molecule has 19 heteroatoms. The number of carbonyl (C=O) groups is 4. The molecule has 208 valence electrons. The molecule has 9 N–H and O–H groups in total. The molecule has 0 radical (unpaired) electrons. The summed E-state index contributed by atoms with van der Waals surface area (Å²) in [5.41, 5.74) is 15.6. The average Bonchev–Trinajstić information content (AvgIpc) is 3.40. The highest BCUT2D eigenvalue weighted by molar-refractivity contribution is 8.00. The normalized spacial score (nSPS) is 19.4. The van der Waals surface area contributed by atoms with Crippen molar-refractivity contribution < 1.29 is 38.9 Å². The zero-order chi connectivity index (χ0) is 28.8. The van der Waals surface area contributed by atoms with Crippen LogP contribution in [0.5, 0.6) is 0 Å². The number of anilines is 3. The smallest absolute Gasteiger partial charge is 0.352 e. The Morgan fingerprint density at radius 3 is 2.54 bits per heavy atom. The number of carboxylic acid groups (broad SMARTS) is 2. The molecule has 0 aromatic carbocycles. The molecule has 0 saturated carbocycles. The maximum atomic E-state index is 13.1. The molecule has 0 unspecified atom stereocenters. The van der Waals surface area contributed by atoms with Crippen LogP contribution in [-0.4, -0.2) is 81.4 Å². The Labute approximate surface area is 228 Å². The van der Waals surface area contributed by atoms with Crippen LogP contribution in [0.25, 0.3) is 0 Å². The third-order valence-electron chi connectivity index (χ3n) is 5.96. The van der Waals surface area contributed by atoms with Crippen LogP contribution in [0, 0.1) is 0 Å². The van der Waals surface area contributed by atoms with Crippen LogP contribution in [0.3, 0.4) is 0 Å². The van der Waals surface area contributed by atoms with Crippen molar-refractivity contribution in [3.05, 3.63) is 23.3 Å². The van der Waals surface area contributed by atoms with Crippen LogP contribution < -0.4 is 27.2 Å². The lowest BCUT2D eigenvalue weighted by Gasteiger charge is -2.49. The van der Waals surface area contributed by atoms with Crippen molar-refractivity contribution in [2.45, 2.75) is 37.4 Å². The molecule has 2 aliphatic rings. The van der Waals surface area contributed by atoms with Gasteiger partial charge in [-0.05, 0) is 13.8 Å². The second kappa shape index (κ2) is 10.1. The number of thioether (sulfide) groups is 1. The van der Waals surface area contributed by atoms with Gasteiger partial charge >= 0.3 is 11.9 Å². The lowest BCUT2D eigenvalue weighted by molar-refractivity contribution is -0.765. The van der Waals surface area contributed by atoms with Crippen LogP contribution >= 0.6 is 23.3 Å². The summed E-state index contributed by atoms with van der Waals surface area (Å²) >= 11 is 2.02. The number of fused-ring (bicyclic) bond motifs is 1. The molecule has 17 nitrogen and oxygen atoms in total. The lowest BCUT2D eigenvalue weighted by Crippen LogP contribution is -2.71. The Kier molecular flexibility index (Phi) is 7.13. The predicted molar refractivity (Wildman–Crippen MR) is 138 cm³/mol. The van der Waals surface area contributed by atoms with Crippen LogP contribution in [0.15, 0.2) is 22.6 Å². The van der Waals surface area contributed by atoms with E-state index in [9.17, 15) is 29.4 Å². The maximum Gasteiger partial charge on any atom is 0.352 e. The van der Waals surface area contributed by atoms with Gasteiger partial charge in [-0.2, -0.15) is 9.36 Å². The summed E-state index contributed by atoms with van der Waals surface area (Å²) in [6.45, 7) is 2.55. The van der Waals surface area contributed by atoms with Crippen molar-refractivity contribution in [1.82, 2.24) is 24.3 Å². The summed E-state index contributed by atoms with van der Waals surface area (Å²) in [6, 6.07) is -1.11. The van der Waals surface area contributed by atoms with Gasteiger partial charge in [-0.15, -0.1) is 21.1 Å². The summed E-state index contributed by atoms with van der Waals surface area (Å²) in [4.78, 5) is 59.8. The summed E-state index contributed by atoms with van der Waals surface area (Å²) in [6.07, 6.45) is 1.56. The fourth-order valence-electron chi connectivity index (χ4n) is 3.71. The molecule has 2 atom stereocenters. The van der Waals surface area contributed by atoms with E-state index in [4.69, 9.17) is 22.0 Å². The lowest BCUT2D eigenvalue weighted by atomic mass is 10.0. The topological polar surface area (TPSA) is 258 Å². The largest absolute Gasteiger partial charge is 0.478 e. The zero-order valence-electron chi connectivity index (χ0n) is 20.8. The minimum atomic E-state index is -1.79. The average molecular weight is 582 g/mol. The zero-order valence-corrected chi connectivity index (χ0v) is 22.4. The van der Waals surface area contributed by atoms with Gasteiger partial charge in [0.2, 0.25) is 23.3 Å². The van der Waals surface area contributed by atoms with Gasteiger partial charge in [0.1, 0.15) is 22.8 Å². The van der Waals surface area contributed by atoms with Crippen molar-refractivity contribution in [3.63, 3.8) is 0 Å². The van der Waals surface area contributed by atoms with Crippen LogP contribution in [0.2, 0.25) is 0 Å². The van der Waals surface area contributed by atoms with E-state index in [0.29, 0.717) is 17.1 Å². The minimum absolute atomic E-state index is 0.0140. The highest BCUT2D eigenvalue weighted by Crippen LogP contribution is 2.40. The van der Waals surface area contributed by atoms with Crippen LogP contribution in [0.1, 0.15) is 19.7 Å². The monoisotopic (exact) mass is 581 g/mol. The third kappa shape index (κ3) is 5.04. The van der Waals surface area contributed by atoms with Crippen molar-refractivity contribution in [2.75, 3.05) is 23.0 Å². The Morgan fingerprint density at radius 2 is 2.00 bits per heavy atom. The SMILES string of the molecule is Cn1c(N)c(N)c[n+]1CC1=C(C(=O)O)N2C(=O)[C@@H](NC(=O)/C(=N\OC(C)(C)C(=O)O)c3nsc(N)n3)[C@H]2SC1. The molecule has 39 heavy (non-hydrogen) atoms. The molecule has 0 bridgehead atoms. The van der Waals surface area contributed by atoms with Gasteiger partial charge in [-0.3, -0.25) is 14.5 Å². The summed E-state index contributed by atoms with van der Waals surface area (Å²) < 4.78 is 7.10. The molecule has 4 heterocycles. The fraction of sp³-hybridized carbons (Fsp3) is 0.400. The minimum Gasteiger partial charge on any atom is -0.478 e. The predicted octanol–water partition coefficient (Wildman–Crippen LogP) is -2.07. The maximum absolute atomic E-state index is 13.1. The highest BCUT2D eigenvalue weighted by Gasteiger charge is 2.55. The van der Waals surface area contributed by atoms with Crippen molar-refractivity contribution in [2.24, 2.45) is 12.2 Å². The Morgan fingerprint density at radius 1 is 1.31 bits per heavy atom. The number of nitrogen functional groups attached to an aromatic ring is 3. The van der Waals surface area contributed by atoms with Gasteiger partial charge in [-0.25, -0.2) is 9.59 Å². The molecule has 2 aliphatic heterocycles. The molecule has 1 fully saturated rings. The van der Waals surface area contributed by atoms with Gasteiger partial charge < -0.3 is 37.6 Å². The summed E-state index contributed by atoms with van der Waals surface area (Å²) in [5, 5.41) is 24.6. The van der Waals surface area contributed by atoms with Gasteiger partial charge in [-0.1, -0.05) is 5.16 Å². The Bertz CT molecular complexity index is 1450. The second-order valence-corrected chi connectivity index (χ2v) is 10.9. The number of aliphatic carboxylic acids is 2. The van der Waals surface area contributed by atoms with E-state index in [-0.39, 0.29) is 29.0 Å². The van der Waals surface area contributed by atoms with E-state index in [1.54, 1.807) is 22.6 Å². The first kappa shape index (κ1) is 27.6. The number of nitrogens with one attached hydrogen (secondary N) is 1. The van der Waals surface area contributed by atoms with Gasteiger partial charge in [0, 0.05) is 22.9 Å². The fourth-order valence-corrected chi connectivity index (χ4v) is 5.48. The first-order chi connectivity index (χ1) is 18.2. The number of oxime groups is 1. The number of rotatable bonds is 9. The molecule has 2 aromatic heterocycles. The van der Waals surface area contributed by atoms with Crippen LogP contribution in [0.4, 0.5) is 16.6 Å². The third-order valence-corrected chi connectivity index (χ3v) is 7.84. The number of amides is 2. The van der Waals surface area contributed by atoms with E-state index in [1.165, 1.54) is 25.6 Å². The summed E-state index contributed by atoms with van der Waals surface area (Å²) in [7, 11) is 1.66. The van der Waals surface area contributed by atoms with Crippen molar-refractivity contribution >= 4 is 69.4 Å². The van der Waals surface area contributed by atoms with Crippen molar-refractivity contribution in [1.29, 1.82) is 0 Å². The number of β-lactam (4-membered cyclic amide) rings is 1. The summed E-state index contributed by atoms with van der Waals surface area (Å²) in [5.74, 6) is -3.95. The number of hydrogen-bond donors (Lipinski definition) is 6. The Balaban J connectivity index is 1.57. The van der Waals surface area contributed by atoms with E-state index < -0.39 is 46.5 Å². The number of aromatic nitrogens is 4. The molecule has 2 aromatic rings. The number of carboxylic acids is 2. The molecular weight excluding hydrogens is 556 g/mol. The first-order valence-electron chi connectivity index (χ1n) is 11.1.